The summed E-state index contributed by atoms with van der Waals surface area (Å²) in [5.74, 6) is -0.0854. The smallest absolute Gasteiger partial charge is 0.244 e. The third kappa shape index (κ3) is 10.3. The van der Waals surface area contributed by atoms with Crippen molar-refractivity contribution >= 4 is 34.1 Å². The number of nitrogens with zero attached hydrogens (tertiary/aromatic N) is 3. The molecule has 1 aromatic carbocycles. The Balaban J connectivity index is 1.20. The third-order valence-electron chi connectivity index (χ3n) is 5.96. The summed E-state index contributed by atoms with van der Waals surface area (Å²) in [6, 6.07) is 7.87. The topological polar surface area (TPSA) is 81.8 Å². The monoisotopic (exact) mass is 504 g/mol. The number of halogens is 1. The molecule has 2 heterocycles. The van der Waals surface area contributed by atoms with E-state index < -0.39 is 0 Å². The standard InChI is InChI=1S/C26H41ClN6O2/c1-26(2,3)35-31-25(34)9-12-28-10-4-14-32-16-18-33(19-17-32)15-5-11-29-23-8-13-30-24-20-21(27)6-7-22(23)24/h6-8,13,20,28H,4-5,9-12,14-19H2,1-3H3,(H,29,30)(H,31,34). The molecular weight excluding hydrogens is 464 g/mol. The second kappa shape index (κ2) is 13.9. The largest absolute Gasteiger partial charge is 0.384 e. The van der Waals surface area contributed by atoms with Gasteiger partial charge >= 0.3 is 0 Å². The number of carbonyl (C=O) groups is 1. The van der Waals surface area contributed by atoms with Crippen molar-refractivity contribution in [1.82, 2.24) is 25.6 Å². The van der Waals surface area contributed by atoms with Crippen LogP contribution in [0.1, 0.15) is 40.0 Å². The molecule has 1 saturated heterocycles. The van der Waals surface area contributed by atoms with Crippen LogP contribution in [-0.4, -0.2) is 85.2 Å². The van der Waals surface area contributed by atoms with Crippen molar-refractivity contribution in [2.24, 2.45) is 0 Å². The number of fused-ring (bicyclic) bond motifs is 1. The molecule has 35 heavy (non-hydrogen) atoms. The quantitative estimate of drug-likeness (QED) is 0.284. The van der Waals surface area contributed by atoms with Crippen LogP contribution in [0.4, 0.5) is 5.69 Å². The van der Waals surface area contributed by atoms with E-state index in [0.29, 0.717) is 18.0 Å². The first-order valence-corrected chi connectivity index (χ1v) is 13.1. The van der Waals surface area contributed by atoms with Gasteiger partial charge in [0, 0.05) is 68.0 Å². The van der Waals surface area contributed by atoms with Gasteiger partial charge in [0.1, 0.15) is 0 Å². The van der Waals surface area contributed by atoms with E-state index in [-0.39, 0.29) is 11.5 Å². The molecule has 0 spiro atoms. The lowest BCUT2D eigenvalue weighted by Crippen LogP contribution is -2.47. The predicted octanol–water partition coefficient (Wildman–Crippen LogP) is 3.52. The lowest BCUT2D eigenvalue weighted by molar-refractivity contribution is -0.145. The fourth-order valence-corrected chi connectivity index (χ4v) is 4.22. The fraction of sp³-hybridized carbons (Fsp3) is 0.615. The Bertz CT molecular complexity index is 928. The van der Waals surface area contributed by atoms with E-state index in [1.165, 1.54) is 0 Å². The second-order valence-corrected chi connectivity index (χ2v) is 10.5. The molecule has 0 radical (unpaired) electrons. The number of rotatable bonds is 13. The lowest BCUT2D eigenvalue weighted by atomic mass is 10.2. The van der Waals surface area contributed by atoms with E-state index in [0.717, 1.165) is 81.8 Å². The van der Waals surface area contributed by atoms with Crippen molar-refractivity contribution in [2.75, 3.05) is 64.2 Å². The highest BCUT2D eigenvalue weighted by Crippen LogP contribution is 2.24. The number of pyridine rings is 1. The molecule has 0 saturated carbocycles. The van der Waals surface area contributed by atoms with Crippen LogP contribution >= 0.6 is 11.6 Å². The zero-order valence-corrected chi connectivity index (χ0v) is 22.2. The van der Waals surface area contributed by atoms with Gasteiger partial charge in [0.25, 0.3) is 0 Å². The molecule has 1 amide bonds. The zero-order valence-electron chi connectivity index (χ0n) is 21.4. The average Bonchev–Trinajstić information content (AvgIpc) is 2.83. The molecule has 0 aliphatic carbocycles. The number of anilines is 1. The summed E-state index contributed by atoms with van der Waals surface area (Å²) in [4.78, 5) is 26.5. The van der Waals surface area contributed by atoms with Crippen molar-refractivity contribution in [1.29, 1.82) is 0 Å². The molecule has 0 atom stereocenters. The van der Waals surface area contributed by atoms with Gasteiger partial charge in [0.15, 0.2) is 0 Å². The van der Waals surface area contributed by atoms with Crippen LogP contribution in [0.25, 0.3) is 10.9 Å². The minimum atomic E-state index is -0.366. The Morgan fingerprint density at radius 2 is 1.71 bits per heavy atom. The molecule has 2 aromatic rings. The number of benzene rings is 1. The molecule has 0 bridgehead atoms. The van der Waals surface area contributed by atoms with Gasteiger partial charge < -0.3 is 20.4 Å². The fourth-order valence-electron chi connectivity index (χ4n) is 4.05. The summed E-state index contributed by atoms with van der Waals surface area (Å²) >= 11 is 6.08. The highest BCUT2D eigenvalue weighted by molar-refractivity contribution is 6.31. The number of hydroxylamine groups is 1. The normalized spacial score (nSPS) is 15.4. The van der Waals surface area contributed by atoms with Crippen LogP contribution in [0.15, 0.2) is 30.5 Å². The number of piperazine rings is 1. The first-order chi connectivity index (χ1) is 16.8. The van der Waals surface area contributed by atoms with E-state index in [2.05, 4.69) is 30.9 Å². The van der Waals surface area contributed by atoms with Crippen molar-refractivity contribution < 1.29 is 9.63 Å². The van der Waals surface area contributed by atoms with E-state index >= 15 is 0 Å². The maximum absolute atomic E-state index is 11.7. The Labute approximate surface area is 214 Å². The highest BCUT2D eigenvalue weighted by Gasteiger charge is 2.16. The van der Waals surface area contributed by atoms with Gasteiger partial charge in [0.2, 0.25) is 5.91 Å². The summed E-state index contributed by atoms with van der Waals surface area (Å²) in [5, 5.41) is 8.74. The molecule has 3 rings (SSSR count). The zero-order chi connectivity index (χ0) is 25.1. The Kier molecular flexibility index (Phi) is 11.0. The molecule has 0 unspecified atom stereocenters. The second-order valence-electron chi connectivity index (χ2n) is 10.1. The number of aromatic nitrogens is 1. The van der Waals surface area contributed by atoms with Crippen LogP contribution < -0.4 is 16.1 Å². The molecule has 8 nitrogen and oxygen atoms in total. The predicted molar refractivity (Wildman–Crippen MR) is 144 cm³/mol. The maximum atomic E-state index is 11.7. The van der Waals surface area contributed by atoms with Crippen LogP contribution in [0.5, 0.6) is 0 Å². The summed E-state index contributed by atoms with van der Waals surface area (Å²) < 4.78 is 0. The van der Waals surface area contributed by atoms with Crippen LogP contribution in [0, 0.1) is 0 Å². The number of amides is 1. The van der Waals surface area contributed by atoms with Crippen LogP contribution in [-0.2, 0) is 9.63 Å². The first-order valence-electron chi connectivity index (χ1n) is 12.7. The molecule has 1 aliphatic rings. The highest BCUT2D eigenvalue weighted by atomic mass is 35.5. The minimum Gasteiger partial charge on any atom is -0.384 e. The molecule has 1 aromatic heterocycles. The van der Waals surface area contributed by atoms with E-state index in [1.54, 1.807) is 0 Å². The molecule has 3 N–H and O–H groups in total. The van der Waals surface area contributed by atoms with Gasteiger partial charge in [-0.15, -0.1) is 0 Å². The molecule has 1 fully saturated rings. The number of carbonyl (C=O) groups excluding carboxylic acids is 1. The van der Waals surface area contributed by atoms with Crippen molar-refractivity contribution in [3.8, 4) is 0 Å². The van der Waals surface area contributed by atoms with Crippen LogP contribution in [0.3, 0.4) is 0 Å². The van der Waals surface area contributed by atoms with E-state index in [4.69, 9.17) is 16.4 Å². The summed E-state index contributed by atoms with van der Waals surface area (Å²) in [5.41, 5.74) is 4.17. The Hall–Kier alpha value is -1.97. The first kappa shape index (κ1) is 27.6. The Morgan fingerprint density at radius 1 is 1.03 bits per heavy atom. The minimum absolute atomic E-state index is 0.0854. The van der Waals surface area contributed by atoms with Crippen molar-refractivity contribution in [3.05, 3.63) is 35.5 Å². The van der Waals surface area contributed by atoms with Gasteiger partial charge in [-0.2, -0.15) is 0 Å². The Morgan fingerprint density at radius 3 is 2.40 bits per heavy atom. The lowest BCUT2D eigenvalue weighted by Gasteiger charge is -2.34. The summed E-state index contributed by atoms with van der Waals surface area (Å²) in [6.07, 6.45) is 4.45. The van der Waals surface area contributed by atoms with E-state index in [1.807, 2.05) is 51.2 Å². The van der Waals surface area contributed by atoms with Crippen LogP contribution in [0.2, 0.25) is 5.02 Å². The van der Waals surface area contributed by atoms with Gasteiger partial charge in [-0.05, 0) is 77.5 Å². The van der Waals surface area contributed by atoms with Crippen molar-refractivity contribution in [2.45, 2.75) is 45.6 Å². The molecule has 194 valence electrons. The number of hydrogen-bond donors (Lipinski definition) is 3. The molecular formula is C26H41ClN6O2. The van der Waals surface area contributed by atoms with E-state index in [9.17, 15) is 4.79 Å². The summed E-state index contributed by atoms with van der Waals surface area (Å²) in [7, 11) is 0. The maximum Gasteiger partial charge on any atom is 0.244 e. The van der Waals surface area contributed by atoms with Crippen molar-refractivity contribution in [3.63, 3.8) is 0 Å². The number of hydrogen-bond acceptors (Lipinski definition) is 7. The van der Waals surface area contributed by atoms with Gasteiger partial charge in [-0.3, -0.25) is 14.6 Å². The van der Waals surface area contributed by atoms with Gasteiger partial charge in [-0.25, -0.2) is 5.48 Å². The number of nitrogens with one attached hydrogen (secondary N) is 3. The molecule has 9 heteroatoms. The van der Waals surface area contributed by atoms with Gasteiger partial charge in [-0.1, -0.05) is 11.6 Å². The summed E-state index contributed by atoms with van der Waals surface area (Å²) in [6.45, 7) is 15.0. The van der Waals surface area contributed by atoms with Gasteiger partial charge in [0.05, 0.1) is 11.1 Å². The third-order valence-corrected chi connectivity index (χ3v) is 6.20. The molecule has 1 aliphatic heterocycles. The average molecular weight is 505 g/mol. The SMILES string of the molecule is CC(C)(C)ONC(=O)CCNCCCN1CCN(CCCNc2ccnc3cc(Cl)ccc23)CC1.